The number of halogens is 3. The molecule has 1 aromatic rings. The van der Waals surface area contributed by atoms with Crippen molar-refractivity contribution >= 4 is 0 Å². The molecular weight excluding hydrogens is 193 g/mol. The van der Waals surface area contributed by atoms with Crippen LogP contribution in [0.5, 0.6) is 5.75 Å². The van der Waals surface area contributed by atoms with Crippen molar-refractivity contribution in [1.29, 1.82) is 0 Å². The zero-order valence-electron chi connectivity index (χ0n) is 7.34. The molecule has 14 heavy (non-hydrogen) atoms. The molecule has 0 N–H and O–H groups in total. The number of alkyl halides is 3. The van der Waals surface area contributed by atoms with Crippen LogP contribution in [0.1, 0.15) is 17.9 Å². The number of hydrogen-bond acceptors (Lipinski definition) is 1. The van der Waals surface area contributed by atoms with E-state index in [9.17, 15) is 13.2 Å². The molecule has 1 atom stereocenters. The average Bonchev–Trinajstić information content (AvgIpc) is 2.15. The van der Waals surface area contributed by atoms with Gasteiger partial charge in [0.15, 0.2) is 0 Å². The van der Waals surface area contributed by atoms with Crippen molar-refractivity contribution in [2.24, 2.45) is 0 Å². The minimum Gasteiger partial charge on any atom is -0.493 e. The van der Waals surface area contributed by atoms with E-state index in [0.717, 1.165) is 0 Å². The third-order valence-electron chi connectivity index (χ3n) is 2.35. The summed E-state index contributed by atoms with van der Waals surface area (Å²) in [5, 5.41) is 0. The lowest BCUT2D eigenvalue weighted by atomic mass is 9.93. The highest BCUT2D eigenvalue weighted by Crippen LogP contribution is 2.43. The van der Waals surface area contributed by atoms with Crippen molar-refractivity contribution in [1.82, 2.24) is 0 Å². The summed E-state index contributed by atoms with van der Waals surface area (Å²) in [5.41, 5.74) is 0.256. The highest BCUT2D eigenvalue weighted by atomic mass is 19.4. The van der Waals surface area contributed by atoms with Crippen LogP contribution in [0.2, 0.25) is 0 Å². The predicted molar refractivity (Wildman–Crippen MR) is 45.4 cm³/mol. The first-order chi connectivity index (χ1) is 6.59. The standard InChI is InChI=1S/C10H9F3O/c11-10(12,13)8-5-6-14-9-4-2-1-3-7(8)9/h1-4,8H,5-6H2. The zero-order valence-corrected chi connectivity index (χ0v) is 7.34. The van der Waals surface area contributed by atoms with Crippen LogP contribution in [0, 0.1) is 0 Å². The van der Waals surface area contributed by atoms with Gasteiger partial charge in [-0.1, -0.05) is 18.2 Å². The quantitative estimate of drug-likeness (QED) is 0.628. The Hall–Kier alpha value is -1.19. The molecule has 0 fully saturated rings. The van der Waals surface area contributed by atoms with Crippen molar-refractivity contribution in [2.45, 2.75) is 18.5 Å². The van der Waals surface area contributed by atoms with E-state index in [2.05, 4.69) is 0 Å². The summed E-state index contributed by atoms with van der Waals surface area (Å²) in [6.07, 6.45) is -4.15. The summed E-state index contributed by atoms with van der Waals surface area (Å²) in [7, 11) is 0. The summed E-state index contributed by atoms with van der Waals surface area (Å²) in [4.78, 5) is 0. The van der Waals surface area contributed by atoms with E-state index in [1.165, 1.54) is 6.07 Å². The molecule has 0 saturated carbocycles. The second-order valence-corrected chi connectivity index (χ2v) is 3.27. The Kier molecular flexibility index (Phi) is 2.13. The van der Waals surface area contributed by atoms with E-state index in [-0.39, 0.29) is 18.6 Å². The first-order valence-electron chi connectivity index (χ1n) is 4.37. The van der Waals surface area contributed by atoms with Gasteiger partial charge in [0.1, 0.15) is 5.75 Å². The first kappa shape index (κ1) is 9.37. The molecule has 1 unspecified atom stereocenters. The Labute approximate surface area is 79.5 Å². The van der Waals surface area contributed by atoms with Crippen molar-refractivity contribution < 1.29 is 17.9 Å². The van der Waals surface area contributed by atoms with Crippen molar-refractivity contribution in [3.63, 3.8) is 0 Å². The largest absolute Gasteiger partial charge is 0.493 e. The van der Waals surface area contributed by atoms with Gasteiger partial charge in [-0.05, 0) is 12.5 Å². The maximum absolute atomic E-state index is 12.6. The third kappa shape index (κ3) is 1.56. The number of hydrogen-bond donors (Lipinski definition) is 0. The summed E-state index contributed by atoms with van der Waals surface area (Å²) in [6.45, 7) is 0.140. The van der Waals surface area contributed by atoms with Crippen LogP contribution in [-0.4, -0.2) is 12.8 Å². The van der Waals surface area contributed by atoms with Crippen molar-refractivity contribution in [2.75, 3.05) is 6.61 Å². The summed E-state index contributed by atoms with van der Waals surface area (Å²) in [6, 6.07) is 6.34. The lowest BCUT2D eigenvalue weighted by molar-refractivity contribution is -0.155. The molecule has 0 aromatic heterocycles. The molecular formula is C10H9F3O. The van der Waals surface area contributed by atoms with Gasteiger partial charge in [0, 0.05) is 5.56 Å². The molecule has 1 aromatic carbocycles. The maximum atomic E-state index is 12.6. The van der Waals surface area contributed by atoms with E-state index in [0.29, 0.717) is 5.75 Å². The minimum absolute atomic E-state index is 0.0144. The highest BCUT2D eigenvalue weighted by Gasteiger charge is 2.43. The van der Waals surface area contributed by atoms with Gasteiger partial charge >= 0.3 is 6.18 Å². The van der Waals surface area contributed by atoms with Gasteiger partial charge in [0.2, 0.25) is 0 Å². The normalized spacial score (nSPS) is 21.2. The van der Waals surface area contributed by atoms with Gasteiger partial charge < -0.3 is 4.74 Å². The SMILES string of the molecule is FC(F)(F)C1CCOc2ccccc21. The fourth-order valence-electron chi connectivity index (χ4n) is 1.68. The summed E-state index contributed by atoms with van der Waals surface area (Å²) in [5.74, 6) is -1.01. The van der Waals surface area contributed by atoms with E-state index in [1.54, 1.807) is 18.2 Å². The molecule has 2 rings (SSSR count). The molecule has 0 spiro atoms. The van der Waals surface area contributed by atoms with Crippen LogP contribution in [-0.2, 0) is 0 Å². The molecule has 0 radical (unpaired) electrons. The topological polar surface area (TPSA) is 9.23 Å². The first-order valence-corrected chi connectivity index (χ1v) is 4.37. The molecule has 0 amide bonds. The number of rotatable bonds is 0. The van der Waals surface area contributed by atoms with Crippen LogP contribution >= 0.6 is 0 Å². The Morgan fingerprint density at radius 3 is 2.64 bits per heavy atom. The van der Waals surface area contributed by atoms with Gasteiger partial charge in [-0.3, -0.25) is 0 Å². The number of ether oxygens (including phenoxy) is 1. The van der Waals surface area contributed by atoms with Gasteiger partial charge in [-0.25, -0.2) is 0 Å². The Morgan fingerprint density at radius 1 is 1.21 bits per heavy atom. The van der Waals surface area contributed by atoms with Crippen LogP contribution in [0.3, 0.4) is 0 Å². The average molecular weight is 202 g/mol. The molecule has 1 aliphatic heterocycles. The van der Waals surface area contributed by atoms with E-state index in [4.69, 9.17) is 4.74 Å². The minimum atomic E-state index is -4.17. The fourth-order valence-corrected chi connectivity index (χ4v) is 1.68. The monoisotopic (exact) mass is 202 g/mol. The third-order valence-corrected chi connectivity index (χ3v) is 2.35. The Balaban J connectivity index is 2.41. The zero-order chi connectivity index (χ0) is 10.2. The molecule has 4 heteroatoms. The second-order valence-electron chi connectivity index (χ2n) is 3.27. The molecule has 0 bridgehead atoms. The maximum Gasteiger partial charge on any atom is 0.396 e. The van der Waals surface area contributed by atoms with E-state index < -0.39 is 12.1 Å². The summed E-state index contributed by atoms with van der Waals surface area (Å²) >= 11 is 0. The molecule has 1 nitrogen and oxygen atoms in total. The molecule has 1 aliphatic rings. The van der Waals surface area contributed by atoms with Gasteiger partial charge in [0.25, 0.3) is 0 Å². The molecule has 76 valence electrons. The van der Waals surface area contributed by atoms with Gasteiger partial charge in [-0.15, -0.1) is 0 Å². The van der Waals surface area contributed by atoms with Crippen LogP contribution in [0.25, 0.3) is 0 Å². The number of fused-ring (bicyclic) bond motifs is 1. The van der Waals surface area contributed by atoms with Crippen LogP contribution in [0.4, 0.5) is 13.2 Å². The van der Waals surface area contributed by atoms with E-state index in [1.807, 2.05) is 0 Å². The lowest BCUT2D eigenvalue weighted by Gasteiger charge is -2.27. The van der Waals surface area contributed by atoms with Crippen molar-refractivity contribution in [3.8, 4) is 5.75 Å². The Morgan fingerprint density at radius 2 is 1.93 bits per heavy atom. The van der Waals surface area contributed by atoms with Crippen LogP contribution < -0.4 is 4.74 Å². The van der Waals surface area contributed by atoms with Gasteiger partial charge in [0.05, 0.1) is 12.5 Å². The molecule has 0 saturated heterocycles. The second kappa shape index (κ2) is 3.19. The molecule has 1 heterocycles. The molecule has 0 aliphatic carbocycles. The number of benzene rings is 1. The van der Waals surface area contributed by atoms with E-state index >= 15 is 0 Å². The Bertz CT molecular complexity index is 332. The van der Waals surface area contributed by atoms with Gasteiger partial charge in [-0.2, -0.15) is 13.2 Å². The number of para-hydroxylation sites is 1. The summed E-state index contributed by atoms with van der Waals surface area (Å²) < 4.78 is 42.8. The highest BCUT2D eigenvalue weighted by molar-refractivity contribution is 5.38. The predicted octanol–water partition coefficient (Wildman–Crippen LogP) is 3.12. The smallest absolute Gasteiger partial charge is 0.396 e. The van der Waals surface area contributed by atoms with Crippen LogP contribution in [0.15, 0.2) is 24.3 Å². The fraction of sp³-hybridized carbons (Fsp3) is 0.400. The lowest BCUT2D eigenvalue weighted by Crippen LogP contribution is -2.26. The van der Waals surface area contributed by atoms with Crippen molar-refractivity contribution in [3.05, 3.63) is 29.8 Å².